The molecule has 0 saturated heterocycles. The maximum Gasteiger partial charge on any atom is 0.231 e. The van der Waals surface area contributed by atoms with Gasteiger partial charge in [-0.2, -0.15) is 4.68 Å². The highest BCUT2D eigenvalue weighted by molar-refractivity contribution is 5.63. The predicted molar refractivity (Wildman–Crippen MR) is 106 cm³/mol. The Morgan fingerprint density at radius 2 is 1.97 bits per heavy atom. The second kappa shape index (κ2) is 6.73. The van der Waals surface area contributed by atoms with Crippen LogP contribution in [0, 0.1) is 13.8 Å². The molecule has 0 unspecified atom stereocenters. The first-order chi connectivity index (χ1) is 14.1. The van der Waals surface area contributed by atoms with Gasteiger partial charge in [0, 0.05) is 12.1 Å². The summed E-state index contributed by atoms with van der Waals surface area (Å²) in [7, 11) is 3.75. The first kappa shape index (κ1) is 17.9. The van der Waals surface area contributed by atoms with Crippen molar-refractivity contribution in [1.82, 2.24) is 25.1 Å². The number of fused-ring (bicyclic) bond motifs is 2. The van der Waals surface area contributed by atoms with Crippen molar-refractivity contribution in [2.75, 3.05) is 27.5 Å². The highest BCUT2D eigenvalue weighted by Crippen LogP contribution is 2.50. The molecule has 29 heavy (non-hydrogen) atoms. The lowest BCUT2D eigenvalue weighted by Crippen LogP contribution is -2.35. The van der Waals surface area contributed by atoms with Crippen LogP contribution in [0.5, 0.6) is 17.2 Å². The molecule has 0 radical (unpaired) electrons. The molecular weight excluding hydrogens is 370 g/mol. The standard InChI is InChI=1S/C21H23N5O3/c1-12-6-5-7-13(2)17(12)26-21(22-23-24-26)18-16-14(8-9-25(18)3)10-15-19(20(16)27-4)29-11-28-15/h5-7,10,18H,8-9,11H2,1-4H3/t18-/m0/s1. The van der Waals surface area contributed by atoms with Crippen molar-refractivity contribution >= 4 is 0 Å². The molecule has 3 aromatic rings. The molecule has 1 aromatic heterocycles. The lowest BCUT2D eigenvalue weighted by atomic mass is 9.90. The average molecular weight is 393 g/mol. The van der Waals surface area contributed by atoms with E-state index in [2.05, 4.69) is 59.5 Å². The molecule has 0 amide bonds. The number of ether oxygens (including phenoxy) is 3. The van der Waals surface area contributed by atoms with Gasteiger partial charge in [-0.25, -0.2) is 0 Å². The molecule has 2 aliphatic rings. The van der Waals surface area contributed by atoms with Crippen LogP contribution in [0.4, 0.5) is 0 Å². The zero-order valence-corrected chi connectivity index (χ0v) is 17.0. The van der Waals surface area contributed by atoms with Crippen molar-refractivity contribution < 1.29 is 14.2 Å². The van der Waals surface area contributed by atoms with Crippen LogP contribution < -0.4 is 14.2 Å². The summed E-state index contributed by atoms with van der Waals surface area (Å²) >= 11 is 0. The Bertz CT molecular complexity index is 1070. The number of methoxy groups -OCH3 is 1. The minimum Gasteiger partial charge on any atom is -0.492 e. The van der Waals surface area contributed by atoms with Crippen LogP contribution in [0.15, 0.2) is 24.3 Å². The highest BCUT2D eigenvalue weighted by Gasteiger charge is 2.38. The summed E-state index contributed by atoms with van der Waals surface area (Å²) in [6.07, 6.45) is 0.889. The summed E-state index contributed by atoms with van der Waals surface area (Å²) in [4.78, 5) is 2.25. The maximum atomic E-state index is 5.82. The Morgan fingerprint density at radius 3 is 2.72 bits per heavy atom. The van der Waals surface area contributed by atoms with E-state index in [1.54, 1.807) is 7.11 Å². The lowest BCUT2D eigenvalue weighted by Gasteiger charge is -2.35. The minimum atomic E-state index is -0.169. The van der Waals surface area contributed by atoms with Gasteiger partial charge in [-0.3, -0.25) is 4.90 Å². The average Bonchev–Trinajstić information content (AvgIpc) is 3.36. The number of tetrazole rings is 1. The fourth-order valence-corrected chi connectivity index (χ4v) is 4.42. The van der Waals surface area contributed by atoms with E-state index in [0.29, 0.717) is 11.5 Å². The minimum absolute atomic E-state index is 0.169. The molecule has 2 aliphatic heterocycles. The van der Waals surface area contributed by atoms with Crippen LogP contribution >= 0.6 is 0 Å². The van der Waals surface area contributed by atoms with Gasteiger partial charge >= 0.3 is 0 Å². The number of hydrogen-bond donors (Lipinski definition) is 0. The van der Waals surface area contributed by atoms with Gasteiger partial charge in [-0.15, -0.1) is 5.10 Å². The van der Waals surface area contributed by atoms with Crippen molar-refractivity contribution in [3.05, 3.63) is 52.3 Å². The highest BCUT2D eigenvalue weighted by atomic mass is 16.7. The number of benzene rings is 2. The molecule has 1 atom stereocenters. The van der Waals surface area contributed by atoms with Crippen LogP contribution in [-0.2, 0) is 6.42 Å². The monoisotopic (exact) mass is 393 g/mol. The van der Waals surface area contributed by atoms with Crippen LogP contribution in [0.2, 0.25) is 0 Å². The smallest absolute Gasteiger partial charge is 0.231 e. The normalized spacial score (nSPS) is 18.0. The number of hydrogen-bond acceptors (Lipinski definition) is 7. The van der Waals surface area contributed by atoms with Gasteiger partial charge < -0.3 is 14.2 Å². The van der Waals surface area contributed by atoms with Gasteiger partial charge in [0.05, 0.1) is 12.8 Å². The number of rotatable bonds is 3. The maximum absolute atomic E-state index is 5.82. The molecule has 0 fully saturated rings. The third-order valence-electron chi connectivity index (χ3n) is 5.79. The molecule has 5 rings (SSSR count). The molecular formula is C21H23N5O3. The van der Waals surface area contributed by atoms with Crippen molar-refractivity contribution in [1.29, 1.82) is 0 Å². The SMILES string of the molecule is COc1c2c(cc3c1[C@@H](c1nnnn1-c1c(C)cccc1C)N(C)CC3)OCO2. The van der Waals surface area contributed by atoms with E-state index in [4.69, 9.17) is 14.2 Å². The van der Waals surface area contributed by atoms with Crippen LogP contribution in [0.3, 0.4) is 0 Å². The van der Waals surface area contributed by atoms with E-state index in [1.165, 1.54) is 5.56 Å². The summed E-state index contributed by atoms with van der Waals surface area (Å²) in [6, 6.07) is 8.09. The van der Waals surface area contributed by atoms with Gasteiger partial charge in [-0.1, -0.05) is 18.2 Å². The van der Waals surface area contributed by atoms with E-state index in [0.717, 1.165) is 46.9 Å². The predicted octanol–water partition coefficient (Wildman–Crippen LogP) is 2.59. The topological polar surface area (TPSA) is 74.5 Å². The Hall–Kier alpha value is -3.13. The summed E-state index contributed by atoms with van der Waals surface area (Å²) in [6.45, 7) is 5.23. The second-order valence-electron chi connectivity index (χ2n) is 7.54. The molecule has 0 saturated carbocycles. The van der Waals surface area contributed by atoms with Crippen molar-refractivity contribution in [3.8, 4) is 22.9 Å². The van der Waals surface area contributed by atoms with Gasteiger partial charge in [0.25, 0.3) is 0 Å². The molecule has 8 heteroatoms. The van der Waals surface area contributed by atoms with Crippen LogP contribution in [0.1, 0.15) is 34.1 Å². The molecule has 3 heterocycles. The van der Waals surface area contributed by atoms with Gasteiger partial charge in [-0.05, 0) is 60.5 Å². The largest absolute Gasteiger partial charge is 0.492 e. The lowest BCUT2D eigenvalue weighted by molar-refractivity contribution is 0.170. The van der Waals surface area contributed by atoms with Crippen molar-refractivity contribution in [3.63, 3.8) is 0 Å². The van der Waals surface area contributed by atoms with E-state index in [-0.39, 0.29) is 12.8 Å². The first-order valence-corrected chi connectivity index (χ1v) is 9.64. The quantitative estimate of drug-likeness (QED) is 0.677. The Morgan fingerprint density at radius 1 is 1.17 bits per heavy atom. The number of aryl methyl sites for hydroxylation is 2. The van der Waals surface area contributed by atoms with Crippen LogP contribution in [0.25, 0.3) is 5.69 Å². The summed E-state index contributed by atoms with van der Waals surface area (Å²) in [5.74, 6) is 2.83. The summed E-state index contributed by atoms with van der Waals surface area (Å²) in [5, 5.41) is 12.8. The molecule has 8 nitrogen and oxygen atoms in total. The summed E-state index contributed by atoms with van der Waals surface area (Å²) < 4.78 is 19.0. The number of nitrogens with zero attached hydrogens (tertiary/aromatic N) is 5. The molecule has 0 spiro atoms. The van der Waals surface area contributed by atoms with E-state index in [9.17, 15) is 0 Å². The number of para-hydroxylation sites is 1. The Kier molecular flexibility index (Phi) is 4.16. The van der Waals surface area contributed by atoms with Crippen molar-refractivity contribution in [2.24, 2.45) is 0 Å². The van der Waals surface area contributed by atoms with E-state index >= 15 is 0 Å². The third-order valence-corrected chi connectivity index (χ3v) is 5.79. The molecule has 2 aromatic carbocycles. The van der Waals surface area contributed by atoms with Gasteiger partial charge in [0.15, 0.2) is 17.3 Å². The van der Waals surface area contributed by atoms with E-state index in [1.807, 2.05) is 10.7 Å². The fraction of sp³-hybridized carbons (Fsp3) is 0.381. The van der Waals surface area contributed by atoms with E-state index < -0.39 is 0 Å². The zero-order valence-electron chi connectivity index (χ0n) is 17.0. The Balaban J connectivity index is 1.73. The third kappa shape index (κ3) is 2.66. The van der Waals surface area contributed by atoms with Gasteiger partial charge in [0.1, 0.15) is 6.04 Å². The first-order valence-electron chi connectivity index (χ1n) is 9.64. The number of likely N-dealkylation sites (N-methyl/N-ethyl adjacent to an activating group) is 1. The molecule has 0 aliphatic carbocycles. The van der Waals surface area contributed by atoms with Crippen LogP contribution in [-0.4, -0.2) is 52.6 Å². The van der Waals surface area contributed by atoms with Crippen molar-refractivity contribution in [2.45, 2.75) is 26.3 Å². The Labute approximate surface area is 169 Å². The van der Waals surface area contributed by atoms with Gasteiger partial charge in [0.2, 0.25) is 12.5 Å². The molecule has 0 bridgehead atoms. The number of aromatic nitrogens is 4. The fourth-order valence-electron chi connectivity index (χ4n) is 4.42. The molecule has 0 N–H and O–H groups in total. The zero-order chi connectivity index (χ0) is 20.1. The molecule has 150 valence electrons. The second-order valence-corrected chi connectivity index (χ2v) is 7.54. The summed E-state index contributed by atoms with van der Waals surface area (Å²) in [5.41, 5.74) is 5.45.